The zero-order valence-electron chi connectivity index (χ0n) is 11.0. The van der Waals surface area contributed by atoms with Crippen LogP contribution in [0.25, 0.3) is 0 Å². The molecule has 0 saturated carbocycles. The van der Waals surface area contributed by atoms with E-state index in [0.29, 0.717) is 0 Å². The monoisotopic (exact) mass is 280 g/mol. The maximum atomic E-state index is 11.6. The highest BCUT2D eigenvalue weighted by Crippen LogP contribution is 2.02. The van der Waals surface area contributed by atoms with E-state index in [4.69, 9.17) is 5.11 Å². The van der Waals surface area contributed by atoms with E-state index in [1.54, 1.807) is 13.8 Å². The number of carboxylic acids is 1. The van der Waals surface area contributed by atoms with Gasteiger partial charge in [-0.2, -0.15) is 4.31 Å². The van der Waals surface area contributed by atoms with Gasteiger partial charge in [0.05, 0.1) is 12.3 Å². The SMILES string of the molecule is CCS(=O)(=O)N(C)CC(=O)N[C@@H](C(=O)O)C(C)C. The van der Waals surface area contributed by atoms with Crippen molar-refractivity contribution < 1.29 is 23.1 Å². The normalized spacial score (nSPS) is 13.7. The van der Waals surface area contributed by atoms with Crippen molar-refractivity contribution in [2.24, 2.45) is 5.92 Å². The molecule has 0 aliphatic carbocycles. The smallest absolute Gasteiger partial charge is 0.326 e. The molecule has 0 aromatic carbocycles. The van der Waals surface area contributed by atoms with Crippen molar-refractivity contribution in [1.82, 2.24) is 9.62 Å². The number of aliphatic carboxylic acids is 1. The molecule has 0 spiro atoms. The van der Waals surface area contributed by atoms with Crippen LogP contribution in [-0.2, 0) is 19.6 Å². The van der Waals surface area contributed by atoms with Crippen molar-refractivity contribution in [3.63, 3.8) is 0 Å². The molecule has 0 fully saturated rings. The van der Waals surface area contributed by atoms with Crippen LogP contribution in [0.2, 0.25) is 0 Å². The Morgan fingerprint density at radius 1 is 1.33 bits per heavy atom. The predicted molar refractivity (Wildman–Crippen MR) is 66.5 cm³/mol. The highest BCUT2D eigenvalue weighted by molar-refractivity contribution is 7.89. The van der Waals surface area contributed by atoms with Gasteiger partial charge >= 0.3 is 5.97 Å². The molecule has 1 amide bonds. The van der Waals surface area contributed by atoms with Crippen LogP contribution in [0.5, 0.6) is 0 Å². The van der Waals surface area contributed by atoms with Crippen molar-refractivity contribution in [2.75, 3.05) is 19.3 Å². The number of nitrogens with one attached hydrogen (secondary N) is 1. The van der Waals surface area contributed by atoms with E-state index in [-0.39, 0.29) is 18.2 Å². The molecular formula is C10H20N2O5S. The maximum Gasteiger partial charge on any atom is 0.326 e. The van der Waals surface area contributed by atoms with E-state index in [2.05, 4.69) is 5.32 Å². The van der Waals surface area contributed by atoms with Crippen LogP contribution in [0.4, 0.5) is 0 Å². The number of hydrogen-bond donors (Lipinski definition) is 2. The van der Waals surface area contributed by atoms with Gasteiger partial charge in [-0.05, 0) is 12.8 Å². The lowest BCUT2D eigenvalue weighted by molar-refractivity contribution is -0.143. The Hall–Kier alpha value is -1.15. The van der Waals surface area contributed by atoms with Gasteiger partial charge in [-0.25, -0.2) is 13.2 Å². The van der Waals surface area contributed by atoms with E-state index in [0.717, 1.165) is 4.31 Å². The third kappa shape index (κ3) is 5.01. The minimum Gasteiger partial charge on any atom is -0.480 e. The Bertz CT molecular complexity index is 404. The predicted octanol–water partition coefficient (Wildman–Crippen LogP) is -0.507. The number of likely N-dealkylation sites (N-methyl/N-ethyl adjacent to an activating group) is 1. The number of amides is 1. The summed E-state index contributed by atoms with van der Waals surface area (Å²) in [6.45, 7) is 4.40. The second kappa shape index (κ2) is 6.69. The molecule has 0 rings (SSSR count). The Morgan fingerprint density at radius 3 is 2.17 bits per heavy atom. The summed E-state index contributed by atoms with van der Waals surface area (Å²) in [5.74, 6) is -2.15. The van der Waals surface area contributed by atoms with E-state index < -0.39 is 27.9 Å². The Kier molecular flexibility index (Phi) is 6.27. The van der Waals surface area contributed by atoms with E-state index in [1.165, 1.54) is 14.0 Å². The summed E-state index contributed by atoms with van der Waals surface area (Å²) in [7, 11) is -2.16. The third-order valence-electron chi connectivity index (χ3n) is 2.46. The second-order valence-electron chi connectivity index (χ2n) is 4.28. The average molecular weight is 280 g/mol. The zero-order valence-corrected chi connectivity index (χ0v) is 11.8. The molecule has 0 unspecified atom stereocenters. The van der Waals surface area contributed by atoms with Gasteiger partial charge < -0.3 is 10.4 Å². The second-order valence-corrected chi connectivity index (χ2v) is 6.65. The molecule has 0 aromatic heterocycles. The molecule has 106 valence electrons. The number of sulfonamides is 1. The molecule has 2 N–H and O–H groups in total. The Morgan fingerprint density at radius 2 is 1.83 bits per heavy atom. The largest absolute Gasteiger partial charge is 0.480 e. The van der Waals surface area contributed by atoms with Gasteiger partial charge in [0.25, 0.3) is 0 Å². The molecule has 0 saturated heterocycles. The van der Waals surface area contributed by atoms with Crippen molar-refractivity contribution in [2.45, 2.75) is 26.8 Å². The number of nitrogens with zero attached hydrogens (tertiary/aromatic N) is 1. The number of carbonyl (C=O) groups excluding carboxylic acids is 1. The van der Waals surface area contributed by atoms with Gasteiger partial charge in [-0.15, -0.1) is 0 Å². The first-order valence-electron chi connectivity index (χ1n) is 5.58. The minimum absolute atomic E-state index is 0.108. The lowest BCUT2D eigenvalue weighted by Crippen LogP contribution is -2.48. The van der Waals surface area contributed by atoms with Crippen LogP contribution < -0.4 is 5.32 Å². The molecular weight excluding hydrogens is 260 g/mol. The quantitative estimate of drug-likeness (QED) is 0.654. The van der Waals surface area contributed by atoms with E-state index >= 15 is 0 Å². The summed E-state index contributed by atoms with van der Waals surface area (Å²) < 4.78 is 23.7. The van der Waals surface area contributed by atoms with Crippen molar-refractivity contribution in [3.05, 3.63) is 0 Å². The molecule has 1 atom stereocenters. The summed E-state index contributed by atoms with van der Waals surface area (Å²) in [6, 6.07) is -1.02. The first kappa shape index (κ1) is 16.9. The van der Waals surface area contributed by atoms with Gasteiger partial charge in [-0.1, -0.05) is 13.8 Å². The van der Waals surface area contributed by atoms with Crippen LogP contribution in [0, 0.1) is 5.92 Å². The fourth-order valence-corrected chi connectivity index (χ4v) is 2.01. The molecule has 0 aromatic rings. The van der Waals surface area contributed by atoms with Crippen LogP contribution >= 0.6 is 0 Å². The van der Waals surface area contributed by atoms with Gasteiger partial charge in [0, 0.05) is 7.05 Å². The van der Waals surface area contributed by atoms with Gasteiger partial charge in [0.1, 0.15) is 6.04 Å². The topological polar surface area (TPSA) is 104 Å². The molecule has 0 bridgehead atoms. The fraction of sp³-hybridized carbons (Fsp3) is 0.800. The van der Waals surface area contributed by atoms with Crippen LogP contribution in [0.15, 0.2) is 0 Å². The molecule has 0 aliphatic heterocycles. The standard InChI is InChI=1S/C10H20N2O5S/c1-5-18(16,17)12(4)6-8(13)11-9(7(2)3)10(14)15/h7,9H,5-6H2,1-4H3,(H,11,13)(H,14,15)/t9-/m1/s1. The van der Waals surface area contributed by atoms with Crippen molar-refractivity contribution in [1.29, 1.82) is 0 Å². The fourth-order valence-electron chi connectivity index (χ4n) is 1.25. The average Bonchev–Trinajstić information content (AvgIpc) is 2.24. The van der Waals surface area contributed by atoms with Crippen LogP contribution in [0.3, 0.4) is 0 Å². The molecule has 0 heterocycles. The summed E-state index contributed by atoms with van der Waals surface area (Å²) in [5, 5.41) is 11.2. The third-order valence-corrected chi connectivity index (χ3v) is 4.26. The Labute approximate surface area is 107 Å². The van der Waals surface area contributed by atoms with E-state index in [1.807, 2.05) is 0 Å². The first-order valence-corrected chi connectivity index (χ1v) is 7.19. The number of rotatable bonds is 7. The van der Waals surface area contributed by atoms with Crippen LogP contribution in [0.1, 0.15) is 20.8 Å². The summed E-state index contributed by atoms with van der Waals surface area (Å²) in [6.07, 6.45) is 0. The summed E-state index contributed by atoms with van der Waals surface area (Å²) in [4.78, 5) is 22.4. The molecule has 8 heteroatoms. The number of hydrogen-bond acceptors (Lipinski definition) is 4. The zero-order chi connectivity index (χ0) is 14.5. The minimum atomic E-state index is -3.44. The van der Waals surface area contributed by atoms with Crippen molar-refractivity contribution >= 4 is 21.9 Å². The number of carboxylic acid groups (broad SMARTS) is 1. The molecule has 18 heavy (non-hydrogen) atoms. The lowest BCUT2D eigenvalue weighted by atomic mass is 10.1. The summed E-state index contributed by atoms with van der Waals surface area (Å²) in [5.41, 5.74) is 0. The number of carbonyl (C=O) groups is 2. The summed E-state index contributed by atoms with van der Waals surface area (Å²) >= 11 is 0. The van der Waals surface area contributed by atoms with Crippen LogP contribution in [-0.4, -0.2) is 55.1 Å². The molecule has 0 aliphatic rings. The lowest BCUT2D eigenvalue weighted by Gasteiger charge is -2.20. The Balaban J connectivity index is 4.57. The maximum absolute atomic E-state index is 11.6. The molecule has 7 nitrogen and oxygen atoms in total. The van der Waals surface area contributed by atoms with Crippen molar-refractivity contribution in [3.8, 4) is 0 Å². The molecule has 0 radical (unpaired) electrons. The first-order chi connectivity index (χ1) is 8.11. The van der Waals surface area contributed by atoms with Gasteiger partial charge in [-0.3, -0.25) is 4.79 Å². The van der Waals surface area contributed by atoms with Gasteiger partial charge in [0.2, 0.25) is 15.9 Å². The van der Waals surface area contributed by atoms with Gasteiger partial charge in [0.15, 0.2) is 0 Å². The van der Waals surface area contributed by atoms with E-state index in [9.17, 15) is 18.0 Å². The highest BCUT2D eigenvalue weighted by atomic mass is 32.2. The highest BCUT2D eigenvalue weighted by Gasteiger charge is 2.25.